The first-order valence-electron chi connectivity index (χ1n) is 7.84. The van der Waals surface area contributed by atoms with E-state index >= 15 is 0 Å². The first-order valence-corrected chi connectivity index (χ1v) is 9.88. The van der Waals surface area contributed by atoms with E-state index in [-0.39, 0.29) is 0 Å². The van der Waals surface area contributed by atoms with Crippen LogP contribution in [0.4, 0.5) is 0 Å². The van der Waals surface area contributed by atoms with Gasteiger partial charge in [-0.25, -0.2) is 0 Å². The fourth-order valence-electron chi connectivity index (χ4n) is 2.13. The second-order valence-corrected chi connectivity index (χ2v) is 8.44. The molecule has 0 aliphatic carbocycles. The van der Waals surface area contributed by atoms with Gasteiger partial charge >= 0.3 is 0 Å². The Morgan fingerprint density at radius 2 is 1.25 bits per heavy atom. The van der Waals surface area contributed by atoms with E-state index in [1.165, 1.54) is 14.7 Å². The summed E-state index contributed by atoms with van der Waals surface area (Å²) in [5, 5.41) is 0. The molecular weight excluding hydrogens is 308 g/mol. The molecule has 0 aromatic heterocycles. The molecule has 0 nitrogen and oxygen atoms in total. The van der Waals surface area contributed by atoms with Crippen molar-refractivity contribution in [2.45, 2.75) is 13.8 Å². The highest BCUT2D eigenvalue weighted by Gasteiger charge is 2.26. The molecular formula is C23H30S. The van der Waals surface area contributed by atoms with Gasteiger partial charge < -0.3 is 0 Å². The normalized spacial score (nSPS) is 17.9. The Labute approximate surface area is 150 Å². The zero-order valence-electron chi connectivity index (χ0n) is 15.2. The molecule has 0 fully saturated rings. The summed E-state index contributed by atoms with van der Waals surface area (Å²) in [7, 11) is -1.40. The first kappa shape index (κ1) is 21.8. The predicted octanol–water partition coefficient (Wildman–Crippen LogP) is 7.52. The molecule has 0 bridgehead atoms. The van der Waals surface area contributed by atoms with Gasteiger partial charge in [0.2, 0.25) is 0 Å². The zero-order valence-corrected chi connectivity index (χ0v) is 16.1. The van der Waals surface area contributed by atoms with Gasteiger partial charge in [0.1, 0.15) is 0 Å². The van der Waals surface area contributed by atoms with Crippen LogP contribution in [0.5, 0.6) is 0 Å². The maximum absolute atomic E-state index is 3.88. The van der Waals surface area contributed by atoms with Crippen molar-refractivity contribution in [3.63, 3.8) is 0 Å². The summed E-state index contributed by atoms with van der Waals surface area (Å²) in [6.07, 6.45) is 28.1. The van der Waals surface area contributed by atoms with Crippen molar-refractivity contribution in [2.75, 3.05) is 6.26 Å². The van der Waals surface area contributed by atoms with Crippen molar-refractivity contribution >= 4 is 10.0 Å². The minimum absolute atomic E-state index is 1.21. The molecule has 0 aliphatic rings. The van der Waals surface area contributed by atoms with Gasteiger partial charge in [0, 0.05) is 0 Å². The first-order chi connectivity index (χ1) is 11.5. The Bertz CT molecular complexity index is 633. The van der Waals surface area contributed by atoms with Crippen molar-refractivity contribution in [3.8, 4) is 0 Å². The maximum atomic E-state index is 3.88. The molecule has 24 heavy (non-hydrogen) atoms. The molecule has 0 aromatic carbocycles. The summed E-state index contributed by atoms with van der Waals surface area (Å²) < 4.78 is 0. The molecule has 0 aromatic rings. The van der Waals surface area contributed by atoms with E-state index in [2.05, 4.69) is 76.0 Å². The van der Waals surface area contributed by atoms with Crippen LogP contribution in [0.2, 0.25) is 0 Å². The minimum atomic E-state index is -1.40. The topological polar surface area (TPSA) is 0 Å². The Morgan fingerprint density at radius 1 is 0.708 bits per heavy atom. The summed E-state index contributed by atoms with van der Waals surface area (Å²) in [5.74, 6) is 0. The predicted molar refractivity (Wildman–Crippen MR) is 117 cm³/mol. The SMILES string of the molecule is C=C/C=C\C=C(/C)S(C)(C(/C=C\C)=C/C=C)C(/C=C\C=C)=C/C=C. The molecule has 1 atom stereocenters. The molecule has 0 spiro atoms. The lowest BCUT2D eigenvalue weighted by molar-refractivity contribution is 1.61. The lowest BCUT2D eigenvalue weighted by Gasteiger charge is -2.40. The van der Waals surface area contributed by atoms with E-state index < -0.39 is 10.0 Å². The highest BCUT2D eigenvalue weighted by atomic mass is 32.3. The van der Waals surface area contributed by atoms with Gasteiger partial charge in [-0.2, -0.15) is 10.0 Å². The Hall–Kier alpha value is -2.25. The minimum Gasteiger partial charge on any atom is -0.167 e. The largest absolute Gasteiger partial charge is 0.167 e. The molecule has 0 saturated carbocycles. The van der Waals surface area contributed by atoms with Crippen LogP contribution in [0.1, 0.15) is 13.8 Å². The fraction of sp³-hybridized carbons (Fsp3) is 0.130. The van der Waals surface area contributed by atoms with Crippen molar-refractivity contribution in [1.29, 1.82) is 0 Å². The Kier molecular flexibility index (Phi) is 11.1. The molecule has 0 amide bonds. The summed E-state index contributed by atoms with van der Waals surface area (Å²) in [5.41, 5.74) is 0. The molecule has 128 valence electrons. The van der Waals surface area contributed by atoms with E-state index in [0.717, 1.165) is 0 Å². The number of hydrogen-bond donors (Lipinski definition) is 0. The smallest absolute Gasteiger partial charge is 0.00243 e. The third-order valence-corrected chi connectivity index (χ3v) is 7.31. The third-order valence-electron chi connectivity index (χ3n) is 3.46. The number of allylic oxidation sites excluding steroid dienone is 14. The van der Waals surface area contributed by atoms with Gasteiger partial charge in [-0.1, -0.05) is 99.2 Å². The Balaban J connectivity index is 6.59. The van der Waals surface area contributed by atoms with E-state index in [9.17, 15) is 0 Å². The molecule has 1 heteroatoms. The summed E-state index contributed by atoms with van der Waals surface area (Å²) in [6.45, 7) is 19.5. The van der Waals surface area contributed by atoms with Gasteiger partial charge in [-0.3, -0.25) is 0 Å². The van der Waals surface area contributed by atoms with Gasteiger partial charge in [0.05, 0.1) is 0 Å². The molecule has 0 saturated heterocycles. The lowest BCUT2D eigenvalue weighted by Crippen LogP contribution is -2.04. The third kappa shape index (κ3) is 6.10. The molecule has 0 aliphatic heterocycles. The van der Waals surface area contributed by atoms with Crippen LogP contribution in [0.15, 0.2) is 120 Å². The van der Waals surface area contributed by atoms with Gasteiger partial charge in [-0.15, -0.1) is 0 Å². The van der Waals surface area contributed by atoms with Crippen LogP contribution >= 0.6 is 10.0 Å². The lowest BCUT2D eigenvalue weighted by atomic mass is 10.4. The van der Waals surface area contributed by atoms with E-state index in [1.54, 1.807) is 12.2 Å². The van der Waals surface area contributed by atoms with E-state index in [4.69, 9.17) is 0 Å². The molecule has 0 radical (unpaired) electrons. The quantitative estimate of drug-likeness (QED) is 0.361. The summed E-state index contributed by atoms with van der Waals surface area (Å²) >= 11 is 0. The van der Waals surface area contributed by atoms with Crippen molar-refractivity contribution < 1.29 is 0 Å². The second-order valence-electron chi connectivity index (χ2n) is 5.02. The van der Waals surface area contributed by atoms with E-state index in [0.29, 0.717) is 0 Å². The Morgan fingerprint density at radius 3 is 1.71 bits per heavy atom. The van der Waals surface area contributed by atoms with E-state index in [1.807, 2.05) is 37.3 Å². The molecule has 1 unspecified atom stereocenters. The molecule has 0 heterocycles. The van der Waals surface area contributed by atoms with Crippen LogP contribution in [0.3, 0.4) is 0 Å². The zero-order chi connectivity index (χ0) is 18.4. The average molecular weight is 339 g/mol. The highest BCUT2D eigenvalue weighted by Crippen LogP contribution is 2.65. The standard InChI is InChI=1S/C23H30S/c1-8-13-15-19-21(6)24(7,22(16-10-3)17-11-4)23(18-12-5)20-14-9-2/h8-20H,1-3,5H2,4,6-7H3/b15-13-,17-11-,20-14-,21-19+,22-16+,23-18+. The van der Waals surface area contributed by atoms with Crippen LogP contribution < -0.4 is 0 Å². The second kappa shape index (κ2) is 12.2. The van der Waals surface area contributed by atoms with Crippen molar-refractivity contribution in [3.05, 3.63) is 120 Å². The van der Waals surface area contributed by atoms with Crippen molar-refractivity contribution in [1.82, 2.24) is 0 Å². The monoisotopic (exact) mass is 338 g/mol. The summed E-state index contributed by atoms with van der Waals surface area (Å²) in [6, 6.07) is 0. The average Bonchev–Trinajstić information content (AvgIpc) is 2.57. The molecule has 0 rings (SSSR count). The van der Waals surface area contributed by atoms with Crippen LogP contribution in [-0.4, -0.2) is 6.26 Å². The van der Waals surface area contributed by atoms with Gasteiger partial charge in [0.15, 0.2) is 0 Å². The highest BCUT2D eigenvalue weighted by molar-refractivity contribution is 8.42. The summed E-state index contributed by atoms with van der Waals surface area (Å²) in [4.78, 5) is 3.74. The van der Waals surface area contributed by atoms with Crippen LogP contribution in [-0.2, 0) is 0 Å². The van der Waals surface area contributed by atoms with Gasteiger partial charge in [-0.05, 0) is 40.9 Å². The number of rotatable bonds is 10. The number of hydrogen-bond acceptors (Lipinski definition) is 0. The fourth-order valence-corrected chi connectivity index (χ4v) is 4.99. The maximum Gasteiger partial charge on any atom is -0.00243 e. The van der Waals surface area contributed by atoms with Crippen LogP contribution in [0, 0.1) is 0 Å². The van der Waals surface area contributed by atoms with Gasteiger partial charge in [0.25, 0.3) is 0 Å². The van der Waals surface area contributed by atoms with Crippen LogP contribution in [0.25, 0.3) is 0 Å². The van der Waals surface area contributed by atoms with Crippen molar-refractivity contribution in [2.24, 2.45) is 0 Å². The molecule has 0 N–H and O–H groups in total.